The summed E-state index contributed by atoms with van der Waals surface area (Å²) in [5.74, 6) is 0. The molecule has 0 bridgehead atoms. The molecule has 16 heavy (non-hydrogen) atoms. The molecule has 0 atom stereocenters. The van der Waals surface area contributed by atoms with E-state index < -0.39 is 0 Å². The topological polar surface area (TPSA) is 18.5 Å². The smallest absolute Gasteiger partial charge is 0.0252 e. The van der Waals surface area contributed by atoms with Gasteiger partial charge in [-0.3, -0.25) is 9.80 Å². The maximum atomic E-state index is 3.56. The molecule has 0 aromatic carbocycles. The number of hydrogen-bond donors (Lipinski definition) is 1. The van der Waals surface area contributed by atoms with E-state index in [0.29, 0.717) is 0 Å². The summed E-state index contributed by atoms with van der Waals surface area (Å²) in [6.45, 7) is 14.1. The molecule has 0 unspecified atom stereocenters. The summed E-state index contributed by atoms with van der Waals surface area (Å²) < 4.78 is 0. The zero-order valence-corrected chi connectivity index (χ0v) is 11.1. The van der Waals surface area contributed by atoms with Crippen LogP contribution in [0.2, 0.25) is 0 Å². The van der Waals surface area contributed by atoms with E-state index in [2.05, 4.69) is 35.9 Å². The monoisotopic (exact) mass is 225 g/mol. The van der Waals surface area contributed by atoms with Gasteiger partial charge in [0.15, 0.2) is 0 Å². The zero-order chi connectivity index (χ0) is 11.6. The lowest BCUT2D eigenvalue weighted by molar-refractivity contribution is 0.104. The number of piperazine rings is 1. The highest BCUT2D eigenvalue weighted by atomic mass is 15.3. The molecule has 1 N–H and O–H groups in total. The molecular formula is C13H27N3. The quantitative estimate of drug-likeness (QED) is 0.757. The maximum Gasteiger partial charge on any atom is 0.0252 e. The standard InChI is InChI=1S/C13H27N3/c1-4-14-13(2,3)11-15-7-9-16(10-8-15)12-5-6-12/h12,14H,4-11H2,1-3H3. The van der Waals surface area contributed by atoms with Gasteiger partial charge in [-0.1, -0.05) is 6.92 Å². The molecule has 3 nitrogen and oxygen atoms in total. The van der Waals surface area contributed by atoms with Crippen molar-refractivity contribution >= 4 is 0 Å². The van der Waals surface area contributed by atoms with Crippen LogP contribution in [0.1, 0.15) is 33.6 Å². The average molecular weight is 225 g/mol. The van der Waals surface area contributed by atoms with Crippen LogP contribution in [0.5, 0.6) is 0 Å². The van der Waals surface area contributed by atoms with Crippen LogP contribution < -0.4 is 5.32 Å². The van der Waals surface area contributed by atoms with E-state index in [-0.39, 0.29) is 5.54 Å². The van der Waals surface area contributed by atoms with Gasteiger partial charge in [0.2, 0.25) is 0 Å². The number of rotatable bonds is 5. The fourth-order valence-electron chi connectivity index (χ4n) is 2.82. The molecule has 1 heterocycles. The summed E-state index contributed by atoms with van der Waals surface area (Å²) >= 11 is 0. The van der Waals surface area contributed by atoms with E-state index in [1.165, 1.54) is 45.6 Å². The van der Waals surface area contributed by atoms with Crippen molar-refractivity contribution in [1.29, 1.82) is 0 Å². The van der Waals surface area contributed by atoms with E-state index in [9.17, 15) is 0 Å². The first-order valence-electron chi connectivity index (χ1n) is 6.82. The molecule has 0 radical (unpaired) electrons. The molecule has 1 aliphatic heterocycles. The molecule has 94 valence electrons. The minimum atomic E-state index is 0.260. The molecule has 2 rings (SSSR count). The summed E-state index contributed by atoms with van der Waals surface area (Å²) in [6.07, 6.45) is 2.89. The minimum Gasteiger partial charge on any atom is -0.311 e. The fraction of sp³-hybridized carbons (Fsp3) is 1.00. The first kappa shape index (κ1) is 12.3. The average Bonchev–Trinajstić information content (AvgIpc) is 3.01. The second-order valence-corrected chi connectivity index (χ2v) is 5.96. The lowest BCUT2D eigenvalue weighted by Gasteiger charge is -2.39. The highest BCUT2D eigenvalue weighted by molar-refractivity contribution is 4.89. The van der Waals surface area contributed by atoms with Gasteiger partial charge in [0, 0.05) is 44.3 Å². The predicted octanol–water partition coefficient (Wildman–Crippen LogP) is 1.15. The second kappa shape index (κ2) is 5.03. The van der Waals surface area contributed by atoms with Crippen molar-refractivity contribution in [1.82, 2.24) is 15.1 Å². The van der Waals surface area contributed by atoms with Crippen LogP contribution in [-0.2, 0) is 0 Å². The van der Waals surface area contributed by atoms with E-state index in [1.54, 1.807) is 0 Å². The molecule has 2 fully saturated rings. The summed E-state index contributed by atoms with van der Waals surface area (Å²) in [6, 6.07) is 0.948. The molecule has 0 aromatic heterocycles. The second-order valence-electron chi connectivity index (χ2n) is 5.96. The lowest BCUT2D eigenvalue weighted by Crippen LogP contribution is -2.54. The van der Waals surface area contributed by atoms with Crippen LogP contribution in [0.3, 0.4) is 0 Å². The Hall–Kier alpha value is -0.120. The Balaban J connectivity index is 1.71. The van der Waals surface area contributed by atoms with Crippen molar-refractivity contribution in [2.24, 2.45) is 0 Å². The van der Waals surface area contributed by atoms with E-state index in [0.717, 1.165) is 12.6 Å². The molecule has 3 heteroatoms. The predicted molar refractivity (Wildman–Crippen MR) is 68.8 cm³/mol. The number of hydrogen-bond acceptors (Lipinski definition) is 3. The lowest BCUT2D eigenvalue weighted by atomic mass is 10.0. The summed E-state index contributed by atoms with van der Waals surface area (Å²) in [5.41, 5.74) is 0.260. The molecule has 1 aliphatic carbocycles. The van der Waals surface area contributed by atoms with Crippen molar-refractivity contribution in [3.8, 4) is 0 Å². The SMILES string of the molecule is CCNC(C)(C)CN1CCN(C2CC2)CC1. The van der Waals surface area contributed by atoms with Crippen molar-refractivity contribution in [2.45, 2.75) is 45.2 Å². The third kappa shape index (κ3) is 3.44. The van der Waals surface area contributed by atoms with Gasteiger partial charge in [-0.25, -0.2) is 0 Å². The van der Waals surface area contributed by atoms with Gasteiger partial charge in [0.25, 0.3) is 0 Å². The van der Waals surface area contributed by atoms with Gasteiger partial charge in [0.05, 0.1) is 0 Å². The molecule has 0 amide bonds. The van der Waals surface area contributed by atoms with Crippen LogP contribution in [-0.4, -0.2) is 60.6 Å². The van der Waals surface area contributed by atoms with Gasteiger partial charge in [-0.2, -0.15) is 0 Å². The zero-order valence-electron chi connectivity index (χ0n) is 11.1. The maximum absolute atomic E-state index is 3.56. The van der Waals surface area contributed by atoms with Gasteiger partial charge < -0.3 is 5.32 Å². The van der Waals surface area contributed by atoms with Crippen molar-refractivity contribution in [3.05, 3.63) is 0 Å². The summed E-state index contributed by atoms with van der Waals surface area (Å²) in [4.78, 5) is 5.29. The highest BCUT2D eigenvalue weighted by Gasteiger charge is 2.32. The molecular weight excluding hydrogens is 198 g/mol. The molecule has 2 aliphatic rings. The van der Waals surface area contributed by atoms with Crippen LogP contribution in [0.15, 0.2) is 0 Å². The fourth-order valence-corrected chi connectivity index (χ4v) is 2.82. The molecule has 0 aromatic rings. The van der Waals surface area contributed by atoms with E-state index in [4.69, 9.17) is 0 Å². The molecule has 1 saturated carbocycles. The summed E-state index contributed by atoms with van der Waals surface area (Å²) in [5, 5.41) is 3.56. The Morgan fingerprint density at radius 1 is 1.12 bits per heavy atom. The van der Waals surface area contributed by atoms with E-state index in [1.807, 2.05) is 0 Å². The normalized spacial score (nSPS) is 24.9. The minimum absolute atomic E-state index is 0.260. The van der Waals surface area contributed by atoms with Gasteiger partial charge in [-0.15, -0.1) is 0 Å². The van der Waals surface area contributed by atoms with Crippen LogP contribution in [0, 0.1) is 0 Å². The number of nitrogens with one attached hydrogen (secondary N) is 1. The highest BCUT2D eigenvalue weighted by Crippen LogP contribution is 2.27. The molecule has 0 spiro atoms. The van der Waals surface area contributed by atoms with Crippen LogP contribution in [0.4, 0.5) is 0 Å². The largest absolute Gasteiger partial charge is 0.311 e. The third-order valence-corrected chi connectivity index (χ3v) is 3.74. The van der Waals surface area contributed by atoms with Crippen molar-refractivity contribution in [2.75, 3.05) is 39.3 Å². The third-order valence-electron chi connectivity index (χ3n) is 3.74. The van der Waals surface area contributed by atoms with Crippen molar-refractivity contribution in [3.63, 3.8) is 0 Å². The van der Waals surface area contributed by atoms with Gasteiger partial charge in [0.1, 0.15) is 0 Å². The van der Waals surface area contributed by atoms with Gasteiger partial charge in [-0.05, 0) is 33.2 Å². The Morgan fingerprint density at radius 3 is 2.25 bits per heavy atom. The first-order chi connectivity index (χ1) is 7.61. The Kier molecular flexibility index (Phi) is 3.88. The van der Waals surface area contributed by atoms with E-state index >= 15 is 0 Å². The van der Waals surface area contributed by atoms with Crippen LogP contribution in [0.25, 0.3) is 0 Å². The van der Waals surface area contributed by atoms with Crippen molar-refractivity contribution < 1.29 is 0 Å². The van der Waals surface area contributed by atoms with Gasteiger partial charge >= 0.3 is 0 Å². The molecule has 1 saturated heterocycles. The Bertz CT molecular complexity index is 215. The summed E-state index contributed by atoms with van der Waals surface area (Å²) in [7, 11) is 0. The number of nitrogens with zero attached hydrogens (tertiary/aromatic N) is 2. The Morgan fingerprint density at radius 2 is 1.75 bits per heavy atom. The number of likely N-dealkylation sites (N-methyl/N-ethyl adjacent to an activating group) is 1. The Labute approximate surface area is 100 Å². The van der Waals surface area contributed by atoms with Crippen LogP contribution >= 0.6 is 0 Å². The first-order valence-corrected chi connectivity index (χ1v) is 6.82.